The lowest BCUT2D eigenvalue weighted by Crippen LogP contribution is -2.50. The maximum atomic E-state index is 12.3. The Morgan fingerprint density at radius 2 is 2.00 bits per heavy atom. The van der Waals surface area contributed by atoms with Gasteiger partial charge in [-0.3, -0.25) is 4.90 Å². The second-order valence-corrected chi connectivity index (χ2v) is 2.73. The molecule has 78 valence electrons. The molecule has 1 aliphatic rings. The van der Waals surface area contributed by atoms with E-state index in [0.29, 0.717) is 6.08 Å². The highest BCUT2D eigenvalue weighted by Crippen LogP contribution is 2.31. The maximum Gasteiger partial charge on any atom is 0.433 e. The molecule has 14 heavy (non-hydrogen) atoms. The number of hydrogen-bond acceptors (Lipinski definition) is 2. The molecule has 0 aromatic heterocycles. The van der Waals surface area contributed by atoms with Crippen molar-refractivity contribution >= 4 is 6.03 Å². The highest BCUT2D eigenvalue weighted by molar-refractivity contribution is 5.80. The van der Waals surface area contributed by atoms with Crippen LogP contribution in [0.4, 0.5) is 18.0 Å². The molecular weight excluding hydrogens is 199 g/mol. The summed E-state index contributed by atoms with van der Waals surface area (Å²) < 4.78 is 36.8. The van der Waals surface area contributed by atoms with Crippen LogP contribution in [0.5, 0.6) is 0 Å². The lowest BCUT2D eigenvalue weighted by atomic mass is 10.2. The van der Waals surface area contributed by atoms with E-state index in [0.717, 1.165) is 4.90 Å². The van der Waals surface area contributed by atoms with Crippen molar-refractivity contribution in [1.82, 2.24) is 9.91 Å². The highest BCUT2D eigenvalue weighted by Gasteiger charge is 2.42. The summed E-state index contributed by atoms with van der Waals surface area (Å²) in [6.07, 6.45) is -3.95. The standard InChI is InChI=1S/C7H8F3N3O/c1-4-3-5(7(8,9)10)13(11)6(14)12(4)2/h3H,1,11H2,2H3. The SMILES string of the molecule is C=C1C=C(C(F)(F)F)N(N)C(=O)N1C. The molecule has 0 unspecified atom stereocenters. The minimum Gasteiger partial charge on any atom is -0.297 e. The number of urea groups is 1. The highest BCUT2D eigenvalue weighted by atomic mass is 19.4. The summed E-state index contributed by atoms with van der Waals surface area (Å²) in [7, 11) is 1.29. The predicted molar refractivity (Wildman–Crippen MR) is 42.5 cm³/mol. The molecule has 0 saturated carbocycles. The largest absolute Gasteiger partial charge is 0.433 e. The van der Waals surface area contributed by atoms with Gasteiger partial charge in [0, 0.05) is 12.7 Å². The van der Waals surface area contributed by atoms with Crippen molar-refractivity contribution in [1.29, 1.82) is 0 Å². The molecule has 1 heterocycles. The van der Waals surface area contributed by atoms with Crippen molar-refractivity contribution in [2.24, 2.45) is 5.84 Å². The van der Waals surface area contributed by atoms with Crippen LogP contribution in [0.2, 0.25) is 0 Å². The van der Waals surface area contributed by atoms with Crippen LogP contribution < -0.4 is 5.84 Å². The normalized spacial score (nSPS) is 18.8. The third-order valence-corrected chi connectivity index (χ3v) is 1.78. The van der Waals surface area contributed by atoms with Gasteiger partial charge in [-0.25, -0.2) is 15.6 Å². The maximum absolute atomic E-state index is 12.3. The van der Waals surface area contributed by atoms with E-state index in [1.54, 1.807) is 0 Å². The summed E-state index contributed by atoms with van der Waals surface area (Å²) in [4.78, 5) is 12.0. The Hall–Kier alpha value is -1.50. The van der Waals surface area contributed by atoms with Crippen LogP contribution in [0.15, 0.2) is 24.0 Å². The first-order valence-electron chi connectivity index (χ1n) is 3.55. The second-order valence-electron chi connectivity index (χ2n) is 2.73. The Kier molecular flexibility index (Phi) is 2.28. The number of alkyl halides is 3. The zero-order valence-electron chi connectivity index (χ0n) is 7.30. The van der Waals surface area contributed by atoms with Crippen LogP contribution >= 0.6 is 0 Å². The van der Waals surface area contributed by atoms with Crippen LogP contribution in [0.1, 0.15) is 0 Å². The zero-order valence-corrected chi connectivity index (χ0v) is 7.30. The monoisotopic (exact) mass is 207 g/mol. The van der Waals surface area contributed by atoms with E-state index in [-0.39, 0.29) is 10.7 Å². The van der Waals surface area contributed by atoms with Gasteiger partial charge in [-0.15, -0.1) is 0 Å². The molecule has 2 N–H and O–H groups in total. The molecule has 2 amide bonds. The molecule has 0 aromatic carbocycles. The van der Waals surface area contributed by atoms with Gasteiger partial charge < -0.3 is 0 Å². The number of halogens is 3. The van der Waals surface area contributed by atoms with Gasteiger partial charge in [0.05, 0.1) is 0 Å². The number of likely N-dealkylation sites (N-methyl/N-ethyl adjacent to an activating group) is 1. The van der Waals surface area contributed by atoms with Gasteiger partial charge in [0.15, 0.2) is 0 Å². The quantitative estimate of drug-likeness (QED) is 0.479. The van der Waals surface area contributed by atoms with E-state index >= 15 is 0 Å². The first kappa shape index (κ1) is 10.6. The lowest BCUT2D eigenvalue weighted by molar-refractivity contribution is -0.109. The topological polar surface area (TPSA) is 49.6 Å². The second kappa shape index (κ2) is 3.02. The van der Waals surface area contributed by atoms with Crippen molar-refractivity contribution in [2.75, 3.05) is 7.05 Å². The summed E-state index contributed by atoms with van der Waals surface area (Å²) >= 11 is 0. The van der Waals surface area contributed by atoms with Crippen LogP contribution in [-0.2, 0) is 0 Å². The lowest BCUT2D eigenvalue weighted by Gasteiger charge is -2.32. The van der Waals surface area contributed by atoms with Crippen molar-refractivity contribution in [2.45, 2.75) is 6.18 Å². The molecular formula is C7H8F3N3O. The molecule has 4 nitrogen and oxygen atoms in total. The van der Waals surface area contributed by atoms with Gasteiger partial charge in [0.1, 0.15) is 5.70 Å². The molecule has 0 saturated heterocycles. The number of carbonyl (C=O) groups is 1. The third kappa shape index (κ3) is 1.58. The Morgan fingerprint density at radius 3 is 2.43 bits per heavy atom. The number of nitrogens with zero attached hydrogens (tertiary/aromatic N) is 2. The summed E-state index contributed by atoms with van der Waals surface area (Å²) in [6.45, 7) is 3.29. The molecule has 7 heteroatoms. The zero-order chi connectivity index (χ0) is 11.1. The van der Waals surface area contributed by atoms with Crippen molar-refractivity contribution < 1.29 is 18.0 Å². The number of hydrogen-bond donors (Lipinski definition) is 1. The fourth-order valence-corrected chi connectivity index (χ4v) is 0.930. The summed E-state index contributed by atoms with van der Waals surface area (Å²) in [5, 5.41) is 0.0503. The fourth-order valence-electron chi connectivity index (χ4n) is 0.930. The summed E-state index contributed by atoms with van der Waals surface area (Å²) in [5.41, 5.74) is -1.27. The van der Waals surface area contributed by atoms with Gasteiger partial charge in [-0.05, 0) is 6.08 Å². The predicted octanol–water partition coefficient (Wildman–Crippen LogP) is 1.19. The average Bonchev–Trinajstić information content (AvgIpc) is 2.06. The van der Waals surface area contributed by atoms with Crippen LogP contribution in [-0.4, -0.2) is 29.2 Å². The minimum atomic E-state index is -4.66. The van der Waals surface area contributed by atoms with Gasteiger partial charge in [0.2, 0.25) is 0 Å². The average molecular weight is 207 g/mol. The molecule has 1 rings (SSSR count). The number of amides is 2. The van der Waals surface area contributed by atoms with Crippen LogP contribution in [0.3, 0.4) is 0 Å². The number of allylic oxidation sites excluding steroid dienone is 2. The Balaban J connectivity index is 3.15. The van der Waals surface area contributed by atoms with E-state index in [9.17, 15) is 18.0 Å². The summed E-state index contributed by atoms with van der Waals surface area (Å²) in [5.74, 6) is 4.97. The molecule has 0 aromatic rings. The molecule has 0 aliphatic carbocycles. The first-order chi connectivity index (χ1) is 6.25. The Labute approximate surface area is 78.0 Å². The van der Waals surface area contributed by atoms with Gasteiger partial charge in [0.25, 0.3) is 0 Å². The Morgan fingerprint density at radius 1 is 1.50 bits per heavy atom. The van der Waals surface area contributed by atoms with Gasteiger partial charge in [-0.1, -0.05) is 6.58 Å². The van der Waals surface area contributed by atoms with E-state index in [1.807, 2.05) is 0 Å². The minimum absolute atomic E-state index is 0.0503. The summed E-state index contributed by atoms with van der Waals surface area (Å²) in [6, 6.07) is -0.968. The first-order valence-corrected chi connectivity index (χ1v) is 3.55. The van der Waals surface area contributed by atoms with E-state index < -0.39 is 17.9 Å². The van der Waals surface area contributed by atoms with E-state index in [2.05, 4.69) is 6.58 Å². The molecule has 0 radical (unpaired) electrons. The molecule has 0 fully saturated rings. The smallest absolute Gasteiger partial charge is 0.297 e. The number of carbonyl (C=O) groups excluding carboxylic acids is 1. The van der Waals surface area contributed by atoms with E-state index in [1.165, 1.54) is 7.05 Å². The molecule has 0 spiro atoms. The van der Waals surface area contributed by atoms with Crippen molar-refractivity contribution in [3.05, 3.63) is 24.0 Å². The molecule has 0 atom stereocenters. The van der Waals surface area contributed by atoms with Crippen LogP contribution in [0, 0.1) is 0 Å². The third-order valence-electron chi connectivity index (χ3n) is 1.78. The van der Waals surface area contributed by atoms with E-state index in [4.69, 9.17) is 5.84 Å². The molecule has 0 bridgehead atoms. The number of rotatable bonds is 0. The van der Waals surface area contributed by atoms with Crippen LogP contribution in [0.25, 0.3) is 0 Å². The van der Waals surface area contributed by atoms with Gasteiger partial charge >= 0.3 is 12.2 Å². The number of hydrazine groups is 1. The Bertz CT molecular complexity index is 321. The molecule has 1 aliphatic heterocycles. The number of nitrogens with two attached hydrogens (primary N) is 1. The fraction of sp³-hybridized carbons (Fsp3) is 0.286. The van der Waals surface area contributed by atoms with Crippen molar-refractivity contribution in [3.63, 3.8) is 0 Å². The van der Waals surface area contributed by atoms with Gasteiger partial charge in [-0.2, -0.15) is 13.2 Å². The van der Waals surface area contributed by atoms with Crippen molar-refractivity contribution in [3.8, 4) is 0 Å².